The second-order valence-corrected chi connectivity index (χ2v) is 4.86. The van der Waals surface area contributed by atoms with E-state index in [2.05, 4.69) is 5.32 Å². The van der Waals surface area contributed by atoms with Crippen molar-refractivity contribution >= 4 is 23.2 Å². The predicted molar refractivity (Wildman–Crippen MR) is 71.5 cm³/mol. The lowest BCUT2D eigenvalue weighted by molar-refractivity contribution is -0.122. The number of nitrogens with one attached hydrogen (secondary N) is 1. The summed E-state index contributed by atoms with van der Waals surface area (Å²) in [5, 5.41) is 2.72. The Morgan fingerprint density at radius 1 is 1.37 bits per heavy atom. The summed E-state index contributed by atoms with van der Waals surface area (Å²) in [6.07, 6.45) is 2.81. The first-order valence-corrected chi connectivity index (χ1v) is 6.33. The lowest BCUT2D eigenvalue weighted by Crippen LogP contribution is -2.30. The SMILES string of the molecule is CC(=O)N(C)c1ccc(F)cc1NC(=O)C1CCC1. The number of halogens is 1. The zero-order valence-electron chi connectivity index (χ0n) is 11.1. The Kier molecular flexibility index (Phi) is 3.83. The standard InChI is InChI=1S/C14H17FN2O2/c1-9(18)17(2)13-7-6-11(15)8-12(13)16-14(19)10-4-3-5-10/h6-8,10H,3-5H2,1-2H3,(H,16,19). The van der Waals surface area contributed by atoms with E-state index in [-0.39, 0.29) is 17.7 Å². The summed E-state index contributed by atoms with van der Waals surface area (Å²) in [7, 11) is 1.59. The van der Waals surface area contributed by atoms with Gasteiger partial charge in [0.2, 0.25) is 11.8 Å². The molecule has 0 aromatic heterocycles. The number of amides is 2. The fraction of sp³-hybridized carbons (Fsp3) is 0.429. The largest absolute Gasteiger partial charge is 0.324 e. The van der Waals surface area contributed by atoms with Gasteiger partial charge in [-0.25, -0.2) is 4.39 Å². The number of carbonyl (C=O) groups is 2. The highest BCUT2D eigenvalue weighted by Gasteiger charge is 2.26. The summed E-state index contributed by atoms with van der Waals surface area (Å²) in [6, 6.07) is 4.01. The summed E-state index contributed by atoms with van der Waals surface area (Å²) in [5.41, 5.74) is 0.844. The maximum Gasteiger partial charge on any atom is 0.227 e. The summed E-state index contributed by atoms with van der Waals surface area (Å²) in [4.78, 5) is 24.7. The highest BCUT2D eigenvalue weighted by molar-refractivity contribution is 6.00. The van der Waals surface area contributed by atoms with E-state index in [0.717, 1.165) is 19.3 Å². The molecule has 2 rings (SSSR count). The third-order valence-electron chi connectivity index (χ3n) is 3.53. The lowest BCUT2D eigenvalue weighted by Gasteiger charge is -2.26. The zero-order valence-corrected chi connectivity index (χ0v) is 11.1. The van der Waals surface area contributed by atoms with Crippen molar-refractivity contribution in [3.8, 4) is 0 Å². The van der Waals surface area contributed by atoms with Crippen LogP contribution in [0, 0.1) is 11.7 Å². The Morgan fingerprint density at radius 2 is 2.05 bits per heavy atom. The molecule has 102 valence electrons. The van der Waals surface area contributed by atoms with E-state index in [9.17, 15) is 14.0 Å². The quantitative estimate of drug-likeness (QED) is 0.912. The minimum Gasteiger partial charge on any atom is -0.324 e. The van der Waals surface area contributed by atoms with Gasteiger partial charge in [-0.15, -0.1) is 0 Å². The van der Waals surface area contributed by atoms with Crippen LogP contribution in [0.3, 0.4) is 0 Å². The van der Waals surface area contributed by atoms with Gasteiger partial charge in [0.1, 0.15) is 5.82 Å². The van der Waals surface area contributed by atoms with Crippen molar-refractivity contribution in [2.45, 2.75) is 26.2 Å². The highest BCUT2D eigenvalue weighted by atomic mass is 19.1. The molecule has 1 aromatic rings. The maximum atomic E-state index is 13.3. The van der Waals surface area contributed by atoms with Gasteiger partial charge < -0.3 is 10.2 Å². The normalized spacial score (nSPS) is 14.7. The van der Waals surface area contributed by atoms with Crippen LogP contribution in [0.2, 0.25) is 0 Å². The van der Waals surface area contributed by atoms with Crippen LogP contribution in [0.1, 0.15) is 26.2 Å². The molecule has 0 bridgehead atoms. The van der Waals surface area contributed by atoms with Gasteiger partial charge in [-0.1, -0.05) is 6.42 Å². The molecule has 0 unspecified atom stereocenters. The monoisotopic (exact) mass is 264 g/mol. The Hall–Kier alpha value is -1.91. The first-order chi connectivity index (χ1) is 8.99. The third kappa shape index (κ3) is 2.92. The fourth-order valence-electron chi connectivity index (χ4n) is 1.98. The van der Waals surface area contributed by atoms with Gasteiger partial charge in [0.15, 0.2) is 0 Å². The van der Waals surface area contributed by atoms with Crippen LogP contribution >= 0.6 is 0 Å². The molecule has 0 aliphatic heterocycles. The smallest absolute Gasteiger partial charge is 0.227 e. The van der Waals surface area contributed by atoms with Gasteiger partial charge in [-0.3, -0.25) is 9.59 Å². The first kappa shape index (κ1) is 13.5. The van der Waals surface area contributed by atoms with Gasteiger partial charge in [0, 0.05) is 19.9 Å². The van der Waals surface area contributed by atoms with Gasteiger partial charge in [0.25, 0.3) is 0 Å². The number of anilines is 2. The van der Waals surface area contributed by atoms with E-state index in [4.69, 9.17) is 0 Å². The average molecular weight is 264 g/mol. The molecular weight excluding hydrogens is 247 g/mol. The average Bonchev–Trinajstić information content (AvgIpc) is 2.25. The molecule has 1 aliphatic carbocycles. The van der Waals surface area contributed by atoms with Crippen molar-refractivity contribution in [1.82, 2.24) is 0 Å². The zero-order chi connectivity index (χ0) is 14.0. The third-order valence-corrected chi connectivity index (χ3v) is 3.53. The number of hydrogen-bond donors (Lipinski definition) is 1. The van der Waals surface area contributed by atoms with E-state index in [1.807, 2.05) is 0 Å². The van der Waals surface area contributed by atoms with Crippen molar-refractivity contribution in [3.05, 3.63) is 24.0 Å². The molecule has 0 radical (unpaired) electrons. The van der Waals surface area contributed by atoms with Gasteiger partial charge in [0.05, 0.1) is 11.4 Å². The molecule has 0 atom stereocenters. The Balaban J connectivity index is 2.23. The van der Waals surface area contributed by atoms with Crippen LogP contribution in [0.25, 0.3) is 0 Å². The van der Waals surface area contributed by atoms with E-state index >= 15 is 0 Å². The van der Waals surface area contributed by atoms with E-state index in [1.54, 1.807) is 7.05 Å². The highest BCUT2D eigenvalue weighted by Crippen LogP contribution is 2.31. The Labute approximate surface area is 111 Å². The van der Waals surface area contributed by atoms with E-state index in [0.29, 0.717) is 11.4 Å². The summed E-state index contributed by atoms with van der Waals surface area (Å²) in [5.74, 6) is -0.704. The molecule has 2 amide bonds. The van der Waals surface area contributed by atoms with Crippen molar-refractivity contribution in [2.24, 2.45) is 5.92 Å². The van der Waals surface area contributed by atoms with Crippen LogP contribution < -0.4 is 10.2 Å². The molecular formula is C14H17FN2O2. The van der Waals surface area contributed by atoms with E-state index in [1.165, 1.54) is 30.0 Å². The Morgan fingerprint density at radius 3 is 2.58 bits per heavy atom. The minimum atomic E-state index is -0.440. The molecule has 5 heteroatoms. The van der Waals surface area contributed by atoms with Crippen LogP contribution in [0.15, 0.2) is 18.2 Å². The van der Waals surface area contributed by atoms with Crippen molar-refractivity contribution < 1.29 is 14.0 Å². The number of hydrogen-bond acceptors (Lipinski definition) is 2. The maximum absolute atomic E-state index is 13.3. The molecule has 1 aliphatic rings. The van der Waals surface area contributed by atoms with Crippen LogP contribution in [-0.2, 0) is 9.59 Å². The van der Waals surface area contributed by atoms with Crippen LogP contribution in [0.5, 0.6) is 0 Å². The molecule has 4 nitrogen and oxygen atoms in total. The van der Waals surface area contributed by atoms with Gasteiger partial charge >= 0.3 is 0 Å². The van der Waals surface area contributed by atoms with Crippen LogP contribution in [0.4, 0.5) is 15.8 Å². The molecule has 1 N–H and O–H groups in total. The molecule has 19 heavy (non-hydrogen) atoms. The topological polar surface area (TPSA) is 49.4 Å². The van der Waals surface area contributed by atoms with Crippen molar-refractivity contribution in [2.75, 3.05) is 17.3 Å². The minimum absolute atomic E-state index is 0.0127. The molecule has 0 heterocycles. The lowest BCUT2D eigenvalue weighted by atomic mass is 9.85. The predicted octanol–water partition coefficient (Wildman–Crippen LogP) is 2.55. The molecule has 0 saturated heterocycles. The first-order valence-electron chi connectivity index (χ1n) is 6.33. The second kappa shape index (κ2) is 5.38. The van der Waals surface area contributed by atoms with Crippen molar-refractivity contribution in [1.29, 1.82) is 0 Å². The number of nitrogens with zero attached hydrogens (tertiary/aromatic N) is 1. The molecule has 1 fully saturated rings. The van der Waals surface area contributed by atoms with Gasteiger partial charge in [-0.2, -0.15) is 0 Å². The molecule has 1 saturated carbocycles. The fourth-order valence-corrected chi connectivity index (χ4v) is 1.98. The van der Waals surface area contributed by atoms with E-state index < -0.39 is 5.82 Å². The van der Waals surface area contributed by atoms with Gasteiger partial charge in [-0.05, 0) is 31.0 Å². The molecule has 0 spiro atoms. The number of rotatable bonds is 3. The molecule has 1 aromatic carbocycles. The summed E-state index contributed by atoms with van der Waals surface area (Å²) >= 11 is 0. The summed E-state index contributed by atoms with van der Waals surface area (Å²) in [6.45, 7) is 1.42. The number of carbonyl (C=O) groups excluding carboxylic acids is 2. The Bertz CT molecular complexity index is 512. The summed E-state index contributed by atoms with van der Waals surface area (Å²) < 4.78 is 13.3. The number of benzene rings is 1. The van der Waals surface area contributed by atoms with Crippen molar-refractivity contribution in [3.63, 3.8) is 0 Å². The van der Waals surface area contributed by atoms with Crippen LogP contribution in [-0.4, -0.2) is 18.9 Å². The second-order valence-electron chi connectivity index (χ2n) is 4.86.